The highest BCUT2D eigenvalue weighted by atomic mass is 14.9. The molecule has 1 aromatic carbocycles. The lowest BCUT2D eigenvalue weighted by atomic mass is 9.74. The van der Waals surface area contributed by atoms with Crippen LogP contribution in [0.2, 0.25) is 0 Å². The van der Waals surface area contributed by atoms with Gasteiger partial charge in [0.15, 0.2) is 0 Å². The van der Waals surface area contributed by atoms with Gasteiger partial charge in [0.05, 0.1) is 0 Å². The van der Waals surface area contributed by atoms with Crippen LogP contribution in [0.25, 0.3) is 0 Å². The number of aryl methyl sites for hydroxylation is 2. The van der Waals surface area contributed by atoms with Gasteiger partial charge in [0.2, 0.25) is 0 Å². The Morgan fingerprint density at radius 3 is 2.57 bits per heavy atom. The van der Waals surface area contributed by atoms with E-state index in [-0.39, 0.29) is 0 Å². The van der Waals surface area contributed by atoms with Crippen LogP contribution in [0.15, 0.2) is 18.2 Å². The van der Waals surface area contributed by atoms with E-state index in [1.165, 1.54) is 61.8 Å². The van der Waals surface area contributed by atoms with Crippen LogP contribution in [-0.4, -0.2) is 12.6 Å². The van der Waals surface area contributed by atoms with Crippen molar-refractivity contribution in [2.24, 2.45) is 11.8 Å². The van der Waals surface area contributed by atoms with Crippen molar-refractivity contribution in [1.29, 1.82) is 0 Å². The summed E-state index contributed by atoms with van der Waals surface area (Å²) in [6.07, 6.45) is 8.03. The molecular weight excluding hydrogens is 254 g/mol. The molecule has 0 spiro atoms. The Hall–Kier alpha value is -0.820. The molecule has 21 heavy (non-hydrogen) atoms. The first-order valence-corrected chi connectivity index (χ1v) is 8.93. The summed E-state index contributed by atoms with van der Waals surface area (Å²) in [6, 6.07) is 7.77. The summed E-state index contributed by atoms with van der Waals surface area (Å²) in [5.41, 5.74) is 4.38. The molecule has 3 unspecified atom stereocenters. The van der Waals surface area contributed by atoms with Gasteiger partial charge in [0.25, 0.3) is 0 Å². The molecule has 1 fully saturated rings. The minimum absolute atomic E-state index is 0.731. The van der Waals surface area contributed by atoms with Gasteiger partial charge in [0, 0.05) is 6.04 Å². The SMILES string of the molecule is CCCNC1CCC(CC)CC1Cc1ccc(C)c(C)c1. The molecule has 1 heteroatoms. The van der Waals surface area contributed by atoms with Crippen molar-refractivity contribution in [3.63, 3.8) is 0 Å². The first kappa shape index (κ1) is 16.5. The Bertz CT molecular complexity index is 437. The van der Waals surface area contributed by atoms with Gasteiger partial charge in [-0.1, -0.05) is 38.5 Å². The Balaban J connectivity index is 2.05. The lowest BCUT2D eigenvalue weighted by Gasteiger charge is -2.37. The van der Waals surface area contributed by atoms with Crippen molar-refractivity contribution < 1.29 is 0 Å². The molecule has 3 atom stereocenters. The van der Waals surface area contributed by atoms with Crippen molar-refractivity contribution in [3.05, 3.63) is 34.9 Å². The molecule has 0 bridgehead atoms. The van der Waals surface area contributed by atoms with E-state index in [4.69, 9.17) is 0 Å². The number of nitrogens with one attached hydrogen (secondary N) is 1. The number of rotatable bonds is 6. The van der Waals surface area contributed by atoms with Crippen LogP contribution in [0, 0.1) is 25.7 Å². The largest absolute Gasteiger partial charge is 0.314 e. The van der Waals surface area contributed by atoms with Gasteiger partial charge < -0.3 is 5.32 Å². The van der Waals surface area contributed by atoms with Crippen LogP contribution >= 0.6 is 0 Å². The average Bonchev–Trinajstić information content (AvgIpc) is 2.49. The summed E-state index contributed by atoms with van der Waals surface area (Å²) in [7, 11) is 0. The van der Waals surface area contributed by atoms with Crippen molar-refractivity contribution in [2.45, 2.75) is 72.3 Å². The molecule has 1 aliphatic carbocycles. The lowest BCUT2D eigenvalue weighted by Crippen LogP contribution is -2.41. The molecule has 0 saturated heterocycles. The van der Waals surface area contributed by atoms with E-state index in [1.54, 1.807) is 0 Å². The lowest BCUT2D eigenvalue weighted by molar-refractivity contribution is 0.198. The molecule has 1 aliphatic rings. The van der Waals surface area contributed by atoms with Gasteiger partial charge in [-0.05, 0) is 81.0 Å². The molecule has 0 radical (unpaired) electrons. The van der Waals surface area contributed by atoms with E-state index in [0.29, 0.717) is 0 Å². The van der Waals surface area contributed by atoms with Gasteiger partial charge in [-0.2, -0.15) is 0 Å². The predicted molar refractivity (Wildman–Crippen MR) is 92.8 cm³/mol. The van der Waals surface area contributed by atoms with Gasteiger partial charge in [-0.25, -0.2) is 0 Å². The topological polar surface area (TPSA) is 12.0 Å². The highest BCUT2D eigenvalue weighted by molar-refractivity contribution is 5.30. The third kappa shape index (κ3) is 4.57. The molecule has 1 saturated carbocycles. The Morgan fingerprint density at radius 2 is 1.90 bits per heavy atom. The predicted octanol–water partition coefficient (Wildman–Crippen LogP) is 5.04. The van der Waals surface area contributed by atoms with Crippen molar-refractivity contribution in [3.8, 4) is 0 Å². The summed E-state index contributed by atoms with van der Waals surface area (Å²) < 4.78 is 0. The smallest absolute Gasteiger partial charge is 0.00987 e. The zero-order valence-electron chi connectivity index (χ0n) is 14.4. The molecule has 118 valence electrons. The van der Waals surface area contributed by atoms with Crippen LogP contribution in [-0.2, 0) is 6.42 Å². The maximum atomic E-state index is 3.81. The molecular formula is C20H33N. The Morgan fingerprint density at radius 1 is 1.10 bits per heavy atom. The quantitative estimate of drug-likeness (QED) is 0.773. The van der Waals surface area contributed by atoms with E-state index in [1.807, 2.05) is 0 Å². The van der Waals surface area contributed by atoms with Crippen LogP contribution in [0.4, 0.5) is 0 Å². The van der Waals surface area contributed by atoms with Crippen LogP contribution in [0.5, 0.6) is 0 Å². The van der Waals surface area contributed by atoms with Gasteiger partial charge >= 0.3 is 0 Å². The summed E-state index contributed by atoms with van der Waals surface area (Å²) in [5, 5.41) is 3.81. The highest BCUT2D eigenvalue weighted by Gasteiger charge is 2.29. The van der Waals surface area contributed by atoms with E-state index < -0.39 is 0 Å². The molecule has 2 rings (SSSR count). The number of hydrogen-bond donors (Lipinski definition) is 1. The van der Waals surface area contributed by atoms with Gasteiger partial charge in [0.1, 0.15) is 0 Å². The third-order valence-electron chi connectivity index (χ3n) is 5.39. The van der Waals surface area contributed by atoms with E-state index in [0.717, 1.165) is 17.9 Å². The van der Waals surface area contributed by atoms with Crippen LogP contribution < -0.4 is 5.32 Å². The second-order valence-electron chi connectivity index (χ2n) is 7.03. The maximum absolute atomic E-state index is 3.81. The monoisotopic (exact) mass is 287 g/mol. The maximum Gasteiger partial charge on any atom is 0.00987 e. The molecule has 1 aromatic rings. The summed E-state index contributed by atoms with van der Waals surface area (Å²) in [4.78, 5) is 0. The fourth-order valence-electron chi connectivity index (χ4n) is 3.79. The van der Waals surface area contributed by atoms with E-state index in [9.17, 15) is 0 Å². The molecule has 1 N–H and O–H groups in total. The Labute approximate surface area is 131 Å². The number of benzene rings is 1. The second kappa shape index (κ2) is 7.98. The normalized spacial score (nSPS) is 26.0. The average molecular weight is 287 g/mol. The molecule has 1 nitrogen and oxygen atoms in total. The minimum Gasteiger partial charge on any atom is -0.314 e. The molecule has 0 aliphatic heterocycles. The van der Waals surface area contributed by atoms with Gasteiger partial charge in [-0.15, -0.1) is 0 Å². The van der Waals surface area contributed by atoms with Gasteiger partial charge in [-0.3, -0.25) is 0 Å². The fourth-order valence-corrected chi connectivity index (χ4v) is 3.79. The summed E-state index contributed by atoms with van der Waals surface area (Å²) in [6.45, 7) is 10.2. The van der Waals surface area contributed by atoms with Crippen molar-refractivity contribution in [2.75, 3.05) is 6.54 Å². The van der Waals surface area contributed by atoms with Crippen molar-refractivity contribution in [1.82, 2.24) is 5.32 Å². The minimum atomic E-state index is 0.731. The van der Waals surface area contributed by atoms with E-state index in [2.05, 4.69) is 51.2 Å². The first-order chi connectivity index (χ1) is 10.1. The summed E-state index contributed by atoms with van der Waals surface area (Å²) in [5.74, 6) is 1.76. The fraction of sp³-hybridized carbons (Fsp3) is 0.700. The number of hydrogen-bond acceptors (Lipinski definition) is 1. The zero-order valence-corrected chi connectivity index (χ0v) is 14.4. The van der Waals surface area contributed by atoms with Crippen LogP contribution in [0.3, 0.4) is 0 Å². The first-order valence-electron chi connectivity index (χ1n) is 8.93. The summed E-state index contributed by atoms with van der Waals surface area (Å²) >= 11 is 0. The standard InChI is InChI=1S/C20H33N/c1-5-11-21-20-10-9-17(6-2)13-19(20)14-18-8-7-15(3)16(4)12-18/h7-8,12,17,19-21H,5-6,9-11,13-14H2,1-4H3. The Kier molecular flexibility index (Phi) is 6.29. The molecule has 0 amide bonds. The second-order valence-corrected chi connectivity index (χ2v) is 7.03. The van der Waals surface area contributed by atoms with Crippen molar-refractivity contribution >= 4 is 0 Å². The molecule has 0 heterocycles. The highest BCUT2D eigenvalue weighted by Crippen LogP contribution is 2.33. The van der Waals surface area contributed by atoms with Crippen LogP contribution in [0.1, 0.15) is 62.6 Å². The van der Waals surface area contributed by atoms with E-state index >= 15 is 0 Å². The zero-order chi connectivity index (χ0) is 15.2. The molecule has 0 aromatic heterocycles. The third-order valence-corrected chi connectivity index (χ3v) is 5.39.